The lowest BCUT2D eigenvalue weighted by Crippen LogP contribution is -2.55. The molecule has 9 heteroatoms. The zero-order chi connectivity index (χ0) is 18.2. The SMILES string of the molecule is Cc1nc(C2(C(=O)OC(C)(C)C)C=CC=CC2NS(=O)(=O)O)cs1. The first-order valence-electron chi connectivity index (χ1n) is 7.21. The van der Waals surface area contributed by atoms with E-state index in [1.807, 2.05) is 0 Å². The van der Waals surface area contributed by atoms with E-state index in [4.69, 9.17) is 4.74 Å². The fourth-order valence-electron chi connectivity index (χ4n) is 2.39. The molecule has 0 spiro atoms. The summed E-state index contributed by atoms with van der Waals surface area (Å²) in [6, 6.07) is -1.06. The van der Waals surface area contributed by atoms with Gasteiger partial charge < -0.3 is 4.74 Å². The lowest BCUT2D eigenvalue weighted by atomic mass is 9.75. The first kappa shape index (κ1) is 18.8. The van der Waals surface area contributed by atoms with E-state index >= 15 is 0 Å². The van der Waals surface area contributed by atoms with E-state index in [0.29, 0.717) is 5.69 Å². The molecule has 1 aliphatic carbocycles. The van der Waals surface area contributed by atoms with Gasteiger partial charge in [0.1, 0.15) is 11.0 Å². The van der Waals surface area contributed by atoms with Gasteiger partial charge in [-0.3, -0.25) is 9.35 Å². The number of esters is 1. The lowest BCUT2D eigenvalue weighted by Gasteiger charge is -2.36. The Bertz CT molecular complexity index is 789. The van der Waals surface area contributed by atoms with Crippen LogP contribution in [0.3, 0.4) is 0 Å². The maximum atomic E-state index is 13.0. The van der Waals surface area contributed by atoms with Crippen LogP contribution in [0.2, 0.25) is 0 Å². The number of aryl methyl sites for hydroxylation is 1. The molecule has 1 aromatic heterocycles. The van der Waals surface area contributed by atoms with Crippen LogP contribution in [0.4, 0.5) is 0 Å². The summed E-state index contributed by atoms with van der Waals surface area (Å²) in [5.41, 5.74) is -1.91. The molecule has 0 bridgehead atoms. The van der Waals surface area contributed by atoms with Crippen LogP contribution >= 0.6 is 11.3 Å². The second-order valence-electron chi connectivity index (χ2n) is 6.44. The third-order valence-electron chi connectivity index (χ3n) is 3.32. The van der Waals surface area contributed by atoms with Crippen LogP contribution in [-0.4, -0.2) is 35.6 Å². The molecule has 1 heterocycles. The van der Waals surface area contributed by atoms with E-state index in [0.717, 1.165) is 5.01 Å². The summed E-state index contributed by atoms with van der Waals surface area (Å²) in [6.07, 6.45) is 6.23. The minimum Gasteiger partial charge on any atom is -0.459 e. The van der Waals surface area contributed by atoms with E-state index < -0.39 is 33.3 Å². The normalized spacial score (nSPS) is 24.1. The van der Waals surface area contributed by atoms with Crippen molar-refractivity contribution in [3.8, 4) is 0 Å². The number of nitrogens with one attached hydrogen (secondary N) is 1. The highest BCUT2D eigenvalue weighted by atomic mass is 32.2. The quantitative estimate of drug-likeness (QED) is 0.618. The minimum absolute atomic E-state index is 0.362. The zero-order valence-electron chi connectivity index (χ0n) is 13.8. The highest BCUT2D eigenvalue weighted by Crippen LogP contribution is 2.36. The van der Waals surface area contributed by atoms with Crippen LogP contribution in [0.15, 0.2) is 29.7 Å². The van der Waals surface area contributed by atoms with Crippen molar-refractivity contribution in [1.82, 2.24) is 9.71 Å². The van der Waals surface area contributed by atoms with E-state index in [-0.39, 0.29) is 0 Å². The van der Waals surface area contributed by atoms with Crippen molar-refractivity contribution in [2.24, 2.45) is 0 Å². The van der Waals surface area contributed by atoms with Crippen molar-refractivity contribution >= 4 is 27.6 Å². The molecule has 0 aromatic carbocycles. The number of aromatic nitrogens is 1. The van der Waals surface area contributed by atoms with Gasteiger partial charge in [0, 0.05) is 5.38 Å². The zero-order valence-corrected chi connectivity index (χ0v) is 15.4. The van der Waals surface area contributed by atoms with E-state index in [1.165, 1.54) is 17.4 Å². The Labute approximate surface area is 145 Å². The molecule has 0 radical (unpaired) electrons. The van der Waals surface area contributed by atoms with Crippen molar-refractivity contribution in [1.29, 1.82) is 0 Å². The van der Waals surface area contributed by atoms with Crippen molar-refractivity contribution in [3.63, 3.8) is 0 Å². The summed E-state index contributed by atoms with van der Waals surface area (Å²) >= 11 is 1.34. The van der Waals surface area contributed by atoms with Gasteiger partial charge in [-0.25, -0.2) is 4.98 Å². The first-order chi connectivity index (χ1) is 10.9. The number of carbonyl (C=O) groups excluding carboxylic acids is 1. The average molecular weight is 372 g/mol. The second kappa shape index (κ2) is 6.40. The molecule has 0 aliphatic heterocycles. The van der Waals surface area contributed by atoms with Crippen LogP contribution in [0, 0.1) is 6.92 Å². The Morgan fingerprint density at radius 2 is 2.08 bits per heavy atom. The topological polar surface area (TPSA) is 106 Å². The number of nitrogens with zero attached hydrogens (tertiary/aromatic N) is 1. The predicted molar refractivity (Wildman–Crippen MR) is 91.1 cm³/mol. The number of hydrogen-bond acceptors (Lipinski definition) is 6. The van der Waals surface area contributed by atoms with Gasteiger partial charge in [-0.1, -0.05) is 24.3 Å². The van der Waals surface area contributed by atoms with Crippen LogP contribution in [0.5, 0.6) is 0 Å². The Kier molecular flexibility index (Phi) is 5.01. The summed E-state index contributed by atoms with van der Waals surface area (Å²) in [5, 5.41) is 2.41. The Morgan fingerprint density at radius 1 is 1.42 bits per heavy atom. The van der Waals surface area contributed by atoms with Gasteiger partial charge in [0.25, 0.3) is 0 Å². The smallest absolute Gasteiger partial charge is 0.333 e. The fraction of sp³-hybridized carbons (Fsp3) is 0.467. The van der Waals surface area contributed by atoms with Gasteiger partial charge >= 0.3 is 16.3 Å². The monoisotopic (exact) mass is 372 g/mol. The molecule has 0 saturated heterocycles. The third kappa shape index (κ3) is 4.10. The standard InChI is InChI=1S/C15H20N2O5S2/c1-10-16-12(9-23-10)15(13(18)22-14(2,3)4)8-6-5-7-11(15)17-24(19,20)21/h5-9,11,17H,1-4H3,(H,19,20,21). The number of thiazole rings is 1. The molecule has 0 amide bonds. The molecule has 1 aromatic rings. The van der Waals surface area contributed by atoms with Crippen LogP contribution in [0.1, 0.15) is 31.5 Å². The highest BCUT2D eigenvalue weighted by Gasteiger charge is 2.50. The van der Waals surface area contributed by atoms with Crippen LogP contribution < -0.4 is 4.72 Å². The van der Waals surface area contributed by atoms with Crippen LogP contribution in [0.25, 0.3) is 0 Å². The molecule has 132 valence electrons. The van der Waals surface area contributed by atoms with Gasteiger partial charge in [0.05, 0.1) is 16.7 Å². The molecule has 0 fully saturated rings. The third-order valence-corrected chi connectivity index (χ3v) is 4.65. The first-order valence-corrected chi connectivity index (χ1v) is 9.53. The Hall–Kier alpha value is -1.55. The number of allylic oxidation sites excluding steroid dienone is 2. The van der Waals surface area contributed by atoms with E-state index in [1.54, 1.807) is 51.3 Å². The van der Waals surface area contributed by atoms with E-state index in [2.05, 4.69) is 9.71 Å². The lowest BCUT2D eigenvalue weighted by molar-refractivity contribution is -0.160. The molecule has 1 aliphatic rings. The van der Waals surface area contributed by atoms with Gasteiger partial charge in [0.2, 0.25) is 0 Å². The average Bonchev–Trinajstić information content (AvgIpc) is 2.82. The van der Waals surface area contributed by atoms with Gasteiger partial charge in [-0.2, -0.15) is 13.1 Å². The fourth-order valence-corrected chi connectivity index (χ4v) is 3.66. The summed E-state index contributed by atoms with van der Waals surface area (Å²) in [6.45, 7) is 6.94. The summed E-state index contributed by atoms with van der Waals surface area (Å²) in [5.74, 6) is -0.651. The summed E-state index contributed by atoms with van der Waals surface area (Å²) < 4.78 is 39.5. The molecule has 2 N–H and O–H groups in total. The molecular weight excluding hydrogens is 352 g/mol. The van der Waals surface area contributed by atoms with Crippen LogP contribution in [-0.2, 0) is 25.3 Å². The molecule has 24 heavy (non-hydrogen) atoms. The molecular formula is C15H20N2O5S2. The van der Waals surface area contributed by atoms with Gasteiger partial charge in [-0.15, -0.1) is 11.3 Å². The number of carbonyl (C=O) groups is 1. The minimum atomic E-state index is -4.54. The molecule has 0 saturated carbocycles. The Morgan fingerprint density at radius 3 is 2.58 bits per heavy atom. The predicted octanol–water partition coefficient (Wildman–Crippen LogP) is 1.92. The molecule has 2 atom stereocenters. The van der Waals surface area contributed by atoms with Crippen molar-refractivity contribution in [2.45, 2.75) is 44.8 Å². The van der Waals surface area contributed by atoms with Gasteiger partial charge in [0.15, 0.2) is 0 Å². The van der Waals surface area contributed by atoms with Crippen molar-refractivity contribution < 1.29 is 22.5 Å². The number of rotatable bonds is 4. The maximum Gasteiger partial charge on any atom is 0.333 e. The number of ether oxygens (including phenoxy) is 1. The summed E-state index contributed by atoms with van der Waals surface area (Å²) in [7, 11) is -4.54. The highest BCUT2D eigenvalue weighted by molar-refractivity contribution is 7.83. The maximum absolute atomic E-state index is 13.0. The molecule has 2 unspecified atom stereocenters. The largest absolute Gasteiger partial charge is 0.459 e. The van der Waals surface area contributed by atoms with Gasteiger partial charge in [-0.05, 0) is 27.7 Å². The number of hydrogen-bond donors (Lipinski definition) is 2. The second-order valence-corrected chi connectivity index (χ2v) is 8.69. The Balaban J connectivity index is 2.59. The van der Waals surface area contributed by atoms with Crippen molar-refractivity contribution in [3.05, 3.63) is 40.4 Å². The van der Waals surface area contributed by atoms with E-state index in [9.17, 15) is 17.8 Å². The molecule has 7 nitrogen and oxygen atoms in total. The summed E-state index contributed by atoms with van der Waals surface area (Å²) in [4.78, 5) is 17.3. The van der Waals surface area contributed by atoms with Crippen molar-refractivity contribution in [2.75, 3.05) is 0 Å². The molecule has 2 rings (SSSR count).